The van der Waals surface area contributed by atoms with Crippen molar-refractivity contribution < 1.29 is 9.47 Å². The molecule has 24 heavy (non-hydrogen) atoms. The summed E-state index contributed by atoms with van der Waals surface area (Å²) in [6.07, 6.45) is 3.63. The lowest BCUT2D eigenvalue weighted by Crippen LogP contribution is -2.48. The predicted molar refractivity (Wildman–Crippen MR) is 112 cm³/mol. The van der Waals surface area contributed by atoms with Crippen LogP contribution < -0.4 is 10.6 Å². The number of nitrogens with one attached hydrogen (secondary N) is 2. The lowest BCUT2D eigenvalue weighted by Gasteiger charge is -2.31. The molecular formula is C17H37IN4O2. The lowest BCUT2D eigenvalue weighted by molar-refractivity contribution is 0.0698. The zero-order valence-electron chi connectivity index (χ0n) is 15.8. The van der Waals surface area contributed by atoms with Gasteiger partial charge in [0.1, 0.15) is 0 Å². The van der Waals surface area contributed by atoms with Crippen LogP contribution in [0.4, 0.5) is 0 Å². The molecule has 1 heterocycles. The van der Waals surface area contributed by atoms with Crippen molar-refractivity contribution in [1.82, 2.24) is 15.5 Å². The van der Waals surface area contributed by atoms with Crippen molar-refractivity contribution in [3.8, 4) is 0 Å². The number of ether oxygens (including phenoxy) is 2. The fourth-order valence-corrected chi connectivity index (χ4v) is 2.91. The average Bonchev–Trinajstić information content (AvgIpc) is 3.06. The molecule has 1 atom stereocenters. The van der Waals surface area contributed by atoms with Gasteiger partial charge in [-0.3, -0.25) is 9.89 Å². The molecule has 0 aromatic carbocycles. The number of nitrogens with zero attached hydrogens (tertiary/aromatic N) is 2. The minimum absolute atomic E-state index is 0. The number of rotatable bonds is 11. The first-order valence-electron chi connectivity index (χ1n) is 8.94. The normalized spacial score (nSPS) is 17.0. The summed E-state index contributed by atoms with van der Waals surface area (Å²) in [4.78, 5) is 6.91. The minimum Gasteiger partial charge on any atom is -0.382 e. The Morgan fingerprint density at radius 1 is 1.12 bits per heavy atom. The van der Waals surface area contributed by atoms with Gasteiger partial charge in [0.2, 0.25) is 0 Å². The zero-order chi connectivity index (χ0) is 16.9. The molecule has 1 aliphatic heterocycles. The second-order valence-corrected chi connectivity index (χ2v) is 6.39. The van der Waals surface area contributed by atoms with E-state index < -0.39 is 0 Å². The molecule has 0 aliphatic carbocycles. The molecule has 1 aliphatic rings. The lowest BCUT2D eigenvalue weighted by atomic mass is 10.0. The second kappa shape index (κ2) is 15.2. The van der Waals surface area contributed by atoms with Crippen molar-refractivity contribution in [3.05, 3.63) is 0 Å². The van der Waals surface area contributed by atoms with E-state index in [1.807, 2.05) is 7.05 Å². The van der Waals surface area contributed by atoms with E-state index >= 15 is 0 Å². The van der Waals surface area contributed by atoms with E-state index in [-0.39, 0.29) is 24.0 Å². The quantitative estimate of drug-likeness (QED) is 0.216. The predicted octanol–water partition coefficient (Wildman–Crippen LogP) is 1.94. The van der Waals surface area contributed by atoms with Crippen LogP contribution in [0.1, 0.15) is 33.1 Å². The number of aliphatic imine (C=N–C) groups is 1. The fraction of sp³-hybridized carbons (Fsp3) is 0.941. The summed E-state index contributed by atoms with van der Waals surface area (Å²) in [7, 11) is 3.51. The van der Waals surface area contributed by atoms with Gasteiger partial charge in [0, 0.05) is 39.9 Å². The van der Waals surface area contributed by atoms with Gasteiger partial charge in [0.05, 0.1) is 13.2 Å². The number of methoxy groups -OCH3 is 1. The van der Waals surface area contributed by atoms with E-state index in [1.165, 1.54) is 25.9 Å². The Hall–Kier alpha value is -0.120. The van der Waals surface area contributed by atoms with Crippen LogP contribution in [0.5, 0.6) is 0 Å². The highest BCUT2D eigenvalue weighted by atomic mass is 127. The molecule has 0 amide bonds. The van der Waals surface area contributed by atoms with Crippen LogP contribution in [0.2, 0.25) is 0 Å². The van der Waals surface area contributed by atoms with E-state index in [1.54, 1.807) is 7.11 Å². The molecule has 0 saturated carbocycles. The third-order valence-electron chi connectivity index (χ3n) is 4.27. The van der Waals surface area contributed by atoms with Gasteiger partial charge in [-0.1, -0.05) is 13.8 Å². The van der Waals surface area contributed by atoms with Crippen LogP contribution in [-0.2, 0) is 9.47 Å². The zero-order valence-corrected chi connectivity index (χ0v) is 18.2. The van der Waals surface area contributed by atoms with E-state index in [0.717, 1.165) is 32.1 Å². The van der Waals surface area contributed by atoms with Gasteiger partial charge >= 0.3 is 0 Å². The monoisotopic (exact) mass is 456 g/mol. The maximum atomic E-state index is 5.45. The Morgan fingerprint density at radius 3 is 2.42 bits per heavy atom. The van der Waals surface area contributed by atoms with E-state index in [9.17, 15) is 0 Å². The van der Waals surface area contributed by atoms with Crippen molar-refractivity contribution in [1.29, 1.82) is 0 Å². The first kappa shape index (κ1) is 23.9. The number of halogens is 1. The summed E-state index contributed by atoms with van der Waals surface area (Å²) in [5, 5.41) is 6.83. The SMILES string of the molecule is CN=C(NCCCOCCOC)NCC(C(C)C)N1CCCC1.I. The maximum absolute atomic E-state index is 5.45. The van der Waals surface area contributed by atoms with Crippen LogP contribution in [0.3, 0.4) is 0 Å². The van der Waals surface area contributed by atoms with E-state index in [2.05, 4.69) is 34.4 Å². The second-order valence-electron chi connectivity index (χ2n) is 6.39. The molecule has 0 aromatic rings. The molecule has 2 N–H and O–H groups in total. The standard InChI is InChI=1S/C17H36N4O2.HI/c1-15(2)16(21-9-5-6-10-21)14-20-17(18-3)19-8-7-11-23-13-12-22-4;/h15-16H,5-14H2,1-4H3,(H2,18,19,20);1H. The molecule has 0 radical (unpaired) electrons. The van der Waals surface area contributed by atoms with Crippen molar-refractivity contribution in [2.45, 2.75) is 39.2 Å². The maximum Gasteiger partial charge on any atom is 0.191 e. The summed E-state index contributed by atoms with van der Waals surface area (Å²) in [5.41, 5.74) is 0. The van der Waals surface area contributed by atoms with Crippen LogP contribution in [0.15, 0.2) is 4.99 Å². The van der Waals surface area contributed by atoms with Crippen LogP contribution in [0.25, 0.3) is 0 Å². The van der Waals surface area contributed by atoms with Gasteiger partial charge in [-0.2, -0.15) is 0 Å². The molecule has 1 unspecified atom stereocenters. The molecule has 0 bridgehead atoms. The van der Waals surface area contributed by atoms with Gasteiger partial charge in [-0.05, 0) is 38.3 Å². The Balaban J connectivity index is 0.00000529. The number of likely N-dealkylation sites (tertiary alicyclic amines) is 1. The number of hydrogen-bond acceptors (Lipinski definition) is 4. The third kappa shape index (κ3) is 10.0. The van der Waals surface area contributed by atoms with Crippen LogP contribution in [0, 0.1) is 5.92 Å². The Bertz CT molecular complexity index is 324. The Labute approximate surface area is 165 Å². The van der Waals surface area contributed by atoms with Gasteiger partial charge in [0.25, 0.3) is 0 Å². The topological polar surface area (TPSA) is 58.1 Å². The molecule has 7 heteroatoms. The highest BCUT2D eigenvalue weighted by molar-refractivity contribution is 14.0. The van der Waals surface area contributed by atoms with Crippen molar-refractivity contribution in [2.24, 2.45) is 10.9 Å². The van der Waals surface area contributed by atoms with E-state index in [4.69, 9.17) is 9.47 Å². The van der Waals surface area contributed by atoms with Crippen LogP contribution in [-0.4, -0.2) is 77.1 Å². The summed E-state index contributed by atoms with van der Waals surface area (Å²) in [6, 6.07) is 0.577. The average molecular weight is 456 g/mol. The molecule has 1 fully saturated rings. The van der Waals surface area contributed by atoms with E-state index in [0.29, 0.717) is 25.2 Å². The summed E-state index contributed by atoms with van der Waals surface area (Å²) < 4.78 is 10.4. The Morgan fingerprint density at radius 2 is 1.83 bits per heavy atom. The smallest absolute Gasteiger partial charge is 0.191 e. The summed E-state index contributed by atoms with van der Waals surface area (Å²) in [5.74, 6) is 1.53. The largest absolute Gasteiger partial charge is 0.382 e. The van der Waals surface area contributed by atoms with Crippen molar-refractivity contribution in [3.63, 3.8) is 0 Å². The molecular weight excluding hydrogens is 419 g/mol. The Kier molecular flexibility index (Phi) is 15.1. The number of guanidine groups is 1. The summed E-state index contributed by atoms with van der Waals surface area (Å²) in [6.45, 7) is 10.9. The number of hydrogen-bond donors (Lipinski definition) is 2. The van der Waals surface area contributed by atoms with Gasteiger partial charge in [0.15, 0.2) is 5.96 Å². The molecule has 0 aromatic heterocycles. The first-order valence-corrected chi connectivity index (χ1v) is 8.94. The molecule has 0 spiro atoms. The molecule has 1 rings (SSSR count). The fourth-order valence-electron chi connectivity index (χ4n) is 2.91. The first-order chi connectivity index (χ1) is 11.2. The molecule has 144 valence electrons. The minimum atomic E-state index is 0. The highest BCUT2D eigenvalue weighted by Gasteiger charge is 2.24. The molecule has 1 saturated heterocycles. The van der Waals surface area contributed by atoms with Crippen molar-refractivity contribution in [2.75, 3.05) is 60.2 Å². The van der Waals surface area contributed by atoms with Gasteiger partial charge < -0.3 is 20.1 Å². The van der Waals surface area contributed by atoms with Crippen LogP contribution >= 0.6 is 24.0 Å². The summed E-state index contributed by atoms with van der Waals surface area (Å²) >= 11 is 0. The molecule has 6 nitrogen and oxygen atoms in total. The third-order valence-corrected chi connectivity index (χ3v) is 4.27. The van der Waals surface area contributed by atoms with Crippen molar-refractivity contribution >= 4 is 29.9 Å². The van der Waals surface area contributed by atoms with Gasteiger partial charge in [-0.15, -0.1) is 24.0 Å². The highest BCUT2D eigenvalue weighted by Crippen LogP contribution is 2.16. The van der Waals surface area contributed by atoms with Gasteiger partial charge in [-0.25, -0.2) is 0 Å².